The summed E-state index contributed by atoms with van der Waals surface area (Å²) in [6.07, 6.45) is 0. The van der Waals surface area contributed by atoms with Crippen molar-refractivity contribution in [1.29, 1.82) is 0 Å². The van der Waals surface area contributed by atoms with Crippen LogP contribution in [-0.2, 0) is 14.3 Å². The van der Waals surface area contributed by atoms with Gasteiger partial charge in [0.2, 0.25) is 0 Å². The summed E-state index contributed by atoms with van der Waals surface area (Å²) in [6.45, 7) is 0.0156. The number of amides is 1. The fourth-order valence-electron chi connectivity index (χ4n) is 1.22. The number of carbonyl (C=O) groups is 2. The van der Waals surface area contributed by atoms with Crippen molar-refractivity contribution in [1.82, 2.24) is 0 Å². The van der Waals surface area contributed by atoms with E-state index in [1.165, 1.54) is 24.3 Å². The molecule has 0 spiro atoms. The van der Waals surface area contributed by atoms with Crippen molar-refractivity contribution in [2.75, 3.05) is 11.9 Å². The van der Waals surface area contributed by atoms with Crippen LogP contribution in [0.15, 0.2) is 24.3 Å². The molecule has 0 radical (unpaired) electrons. The molecule has 0 aliphatic carbocycles. The molecule has 1 amide bonds. The Morgan fingerprint density at radius 1 is 1.20 bits per heavy atom. The van der Waals surface area contributed by atoms with Crippen LogP contribution in [0.4, 0.5) is 14.5 Å². The number of hydrogen-bond donors (Lipinski definition) is 1. The molecule has 0 aliphatic rings. The minimum Gasteiger partial charge on any atom is -0.455 e. The molecule has 1 rings (SSSR count). The predicted molar refractivity (Wildman–Crippen MR) is 67.5 cm³/mol. The Hall–Kier alpha value is -2.18. The van der Waals surface area contributed by atoms with Gasteiger partial charge in [0.25, 0.3) is 5.91 Å². The summed E-state index contributed by atoms with van der Waals surface area (Å²) in [4.78, 5) is 22.6. The zero-order valence-electron chi connectivity index (χ0n) is 11.1. The normalized spacial score (nSPS) is 10.5. The predicted octanol–water partition coefficient (Wildman–Crippen LogP) is 2.43. The van der Waals surface area contributed by atoms with Crippen molar-refractivity contribution in [3.8, 4) is 5.75 Å². The second kappa shape index (κ2) is 7.42. The number of hydrogen-bond acceptors (Lipinski definition) is 4. The van der Waals surface area contributed by atoms with Crippen molar-refractivity contribution in [3.63, 3.8) is 0 Å². The van der Waals surface area contributed by atoms with Crippen molar-refractivity contribution in [2.45, 2.75) is 20.5 Å². The van der Waals surface area contributed by atoms with E-state index in [4.69, 9.17) is 4.74 Å². The average Bonchev–Trinajstić information content (AvgIpc) is 2.37. The molecular weight excluding hydrogens is 272 g/mol. The zero-order valence-corrected chi connectivity index (χ0v) is 11.1. The summed E-state index contributed by atoms with van der Waals surface area (Å²) >= 11 is 0. The number of ether oxygens (including phenoxy) is 2. The largest absolute Gasteiger partial charge is 0.455 e. The van der Waals surface area contributed by atoms with Gasteiger partial charge in [0.1, 0.15) is 5.75 Å². The maximum absolute atomic E-state index is 11.9. The third-order valence-corrected chi connectivity index (χ3v) is 2.18. The minimum absolute atomic E-state index is 0.00997. The number of carbonyl (C=O) groups excluding carboxylic acids is 2. The molecular formula is C13H15F2NO4. The molecule has 0 saturated carbocycles. The van der Waals surface area contributed by atoms with Crippen molar-refractivity contribution < 1.29 is 27.8 Å². The van der Waals surface area contributed by atoms with Crippen LogP contribution in [0.3, 0.4) is 0 Å². The van der Waals surface area contributed by atoms with E-state index in [9.17, 15) is 18.4 Å². The monoisotopic (exact) mass is 287 g/mol. The van der Waals surface area contributed by atoms with Crippen molar-refractivity contribution in [3.05, 3.63) is 24.3 Å². The Balaban J connectivity index is 2.44. The lowest BCUT2D eigenvalue weighted by Crippen LogP contribution is -2.22. The molecule has 110 valence electrons. The molecule has 5 nitrogen and oxygen atoms in total. The molecule has 20 heavy (non-hydrogen) atoms. The first-order valence-electron chi connectivity index (χ1n) is 5.90. The van der Waals surface area contributed by atoms with Crippen LogP contribution in [0, 0.1) is 5.92 Å². The van der Waals surface area contributed by atoms with E-state index < -0.39 is 25.1 Å². The fourth-order valence-corrected chi connectivity index (χ4v) is 1.22. The summed E-state index contributed by atoms with van der Waals surface area (Å²) in [7, 11) is 0. The van der Waals surface area contributed by atoms with Gasteiger partial charge in [-0.3, -0.25) is 9.59 Å². The Bertz CT molecular complexity index is 460. The lowest BCUT2D eigenvalue weighted by atomic mass is 10.2. The molecule has 1 aromatic rings. The first-order valence-corrected chi connectivity index (χ1v) is 5.90. The number of nitrogens with one attached hydrogen (secondary N) is 1. The molecule has 0 bridgehead atoms. The SMILES string of the molecule is CC(C)C(=O)OCC(=O)Nc1ccc(OC(F)F)cc1. The summed E-state index contributed by atoms with van der Waals surface area (Å²) < 4.78 is 32.8. The number of halogens is 2. The minimum atomic E-state index is -2.90. The summed E-state index contributed by atoms with van der Waals surface area (Å²) in [5.74, 6) is -1.31. The number of benzene rings is 1. The van der Waals surface area contributed by atoms with Gasteiger partial charge in [0, 0.05) is 5.69 Å². The van der Waals surface area contributed by atoms with Crippen LogP contribution in [0.25, 0.3) is 0 Å². The quantitative estimate of drug-likeness (QED) is 0.816. The summed E-state index contributed by atoms with van der Waals surface area (Å²) in [5.41, 5.74) is 0.386. The highest BCUT2D eigenvalue weighted by Crippen LogP contribution is 2.17. The van der Waals surface area contributed by atoms with Crippen LogP contribution < -0.4 is 10.1 Å². The third-order valence-electron chi connectivity index (χ3n) is 2.18. The van der Waals surface area contributed by atoms with Gasteiger partial charge in [-0.25, -0.2) is 0 Å². The Labute approximate surface area is 114 Å². The number of alkyl halides is 2. The maximum atomic E-state index is 11.9. The molecule has 0 heterocycles. The Morgan fingerprint density at radius 2 is 1.80 bits per heavy atom. The Morgan fingerprint density at radius 3 is 2.30 bits per heavy atom. The summed E-state index contributed by atoms with van der Waals surface area (Å²) in [5, 5.41) is 2.46. The first-order chi connectivity index (χ1) is 9.38. The molecule has 0 fully saturated rings. The van der Waals surface area contributed by atoms with E-state index in [-0.39, 0.29) is 11.7 Å². The van der Waals surface area contributed by atoms with Gasteiger partial charge in [-0.15, -0.1) is 0 Å². The molecule has 0 aliphatic heterocycles. The van der Waals surface area contributed by atoms with E-state index in [1.54, 1.807) is 13.8 Å². The van der Waals surface area contributed by atoms with Gasteiger partial charge in [-0.1, -0.05) is 13.8 Å². The molecule has 1 aromatic carbocycles. The lowest BCUT2D eigenvalue weighted by Gasteiger charge is -2.09. The van der Waals surface area contributed by atoms with Gasteiger partial charge in [-0.05, 0) is 24.3 Å². The molecule has 0 aromatic heterocycles. The topological polar surface area (TPSA) is 64.6 Å². The van der Waals surface area contributed by atoms with E-state index in [2.05, 4.69) is 10.1 Å². The number of rotatable bonds is 6. The van der Waals surface area contributed by atoms with E-state index >= 15 is 0 Å². The van der Waals surface area contributed by atoms with Gasteiger partial charge >= 0.3 is 12.6 Å². The second-order valence-corrected chi connectivity index (χ2v) is 4.21. The van der Waals surface area contributed by atoms with E-state index in [1.807, 2.05) is 0 Å². The Kier molecular flexibility index (Phi) is 5.89. The molecule has 1 N–H and O–H groups in total. The highest BCUT2D eigenvalue weighted by molar-refractivity contribution is 5.92. The molecule has 0 saturated heterocycles. The molecule has 0 atom stereocenters. The molecule has 0 unspecified atom stereocenters. The van der Waals surface area contributed by atoms with Crippen LogP contribution in [0.2, 0.25) is 0 Å². The standard InChI is InChI=1S/C13H15F2NO4/c1-8(2)12(18)19-7-11(17)16-9-3-5-10(6-4-9)20-13(14)15/h3-6,8,13H,7H2,1-2H3,(H,16,17). The van der Waals surface area contributed by atoms with Crippen molar-refractivity contribution in [2.24, 2.45) is 5.92 Å². The van der Waals surface area contributed by atoms with Crippen LogP contribution in [0.5, 0.6) is 5.75 Å². The van der Waals surface area contributed by atoms with E-state index in [0.717, 1.165) is 0 Å². The zero-order chi connectivity index (χ0) is 15.1. The van der Waals surface area contributed by atoms with E-state index in [0.29, 0.717) is 5.69 Å². The van der Waals surface area contributed by atoms with Crippen molar-refractivity contribution >= 4 is 17.6 Å². The van der Waals surface area contributed by atoms with Crippen LogP contribution >= 0.6 is 0 Å². The molecule has 7 heteroatoms. The smallest absolute Gasteiger partial charge is 0.387 e. The number of esters is 1. The first kappa shape index (κ1) is 15.9. The highest BCUT2D eigenvalue weighted by atomic mass is 19.3. The van der Waals surface area contributed by atoms with Crippen LogP contribution in [-0.4, -0.2) is 25.1 Å². The van der Waals surface area contributed by atoms with Gasteiger partial charge in [0.15, 0.2) is 6.61 Å². The van der Waals surface area contributed by atoms with Gasteiger partial charge in [-0.2, -0.15) is 8.78 Å². The average molecular weight is 287 g/mol. The summed E-state index contributed by atoms with van der Waals surface area (Å²) in [6, 6.07) is 5.39. The van der Waals surface area contributed by atoms with Crippen LogP contribution in [0.1, 0.15) is 13.8 Å². The lowest BCUT2D eigenvalue weighted by molar-refractivity contribution is -0.150. The van der Waals surface area contributed by atoms with Gasteiger partial charge in [0.05, 0.1) is 5.92 Å². The second-order valence-electron chi connectivity index (χ2n) is 4.21. The third kappa shape index (κ3) is 5.64. The maximum Gasteiger partial charge on any atom is 0.387 e. The van der Waals surface area contributed by atoms with Gasteiger partial charge < -0.3 is 14.8 Å². The fraction of sp³-hybridized carbons (Fsp3) is 0.385. The highest BCUT2D eigenvalue weighted by Gasteiger charge is 2.11. The number of anilines is 1.